The monoisotopic (exact) mass is 384 g/mol. The summed E-state index contributed by atoms with van der Waals surface area (Å²) in [5.41, 5.74) is 1.25. The predicted molar refractivity (Wildman–Crippen MR) is 103 cm³/mol. The van der Waals surface area contributed by atoms with Crippen molar-refractivity contribution in [1.29, 1.82) is 0 Å². The first-order valence-corrected chi connectivity index (χ1v) is 8.86. The van der Waals surface area contributed by atoms with Crippen LogP contribution >= 0.6 is 11.8 Å². The van der Waals surface area contributed by atoms with E-state index in [1.165, 1.54) is 18.2 Å². The van der Waals surface area contributed by atoms with Crippen molar-refractivity contribution in [3.8, 4) is 11.5 Å². The average molecular weight is 384 g/mol. The summed E-state index contributed by atoms with van der Waals surface area (Å²) < 4.78 is 5.34. The summed E-state index contributed by atoms with van der Waals surface area (Å²) in [5, 5.41) is 21.8. The second-order valence-electron chi connectivity index (χ2n) is 5.50. The number of nitrogens with zero attached hydrogens (tertiary/aromatic N) is 1. The van der Waals surface area contributed by atoms with Crippen molar-refractivity contribution in [1.82, 2.24) is 5.32 Å². The van der Waals surface area contributed by atoms with E-state index in [0.717, 1.165) is 11.8 Å². The Balaban J connectivity index is 1.83. The highest BCUT2D eigenvalue weighted by molar-refractivity contribution is 8.18. The maximum atomic E-state index is 12.2. The zero-order chi connectivity index (χ0) is 19.4. The third kappa shape index (κ3) is 4.48. The van der Waals surface area contributed by atoms with Crippen LogP contribution in [-0.2, 0) is 4.79 Å². The van der Waals surface area contributed by atoms with E-state index in [1.807, 2.05) is 6.92 Å². The van der Waals surface area contributed by atoms with Gasteiger partial charge in [0, 0.05) is 0 Å². The van der Waals surface area contributed by atoms with Gasteiger partial charge in [0.05, 0.1) is 22.8 Å². The number of carboxylic acid groups (broad SMARTS) is 1. The van der Waals surface area contributed by atoms with E-state index in [1.54, 1.807) is 30.3 Å². The molecule has 3 N–H and O–H groups in total. The Kier molecular flexibility index (Phi) is 5.46. The Labute approximate surface area is 159 Å². The first-order chi connectivity index (χ1) is 13.0. The maximum absolute atomic E-state index is 12.2. The van der Waals surface area contributed by atoms with Gasteiger partial charge in [-0.2, -0.15) is 0 Å². The molecule has 0 aromatic heterocycles. The number of benzene rings is 2. The second kappa shape index (κ2) is 7.96. The van der Waals surface area contributed by atoms with Crippen molar-refractivity contribution in [2.45, 2.75) is 6.92 Å². The molecular weight excluding hydrogens is 368 g/mol. The number of aromatic carboxylic acids is 1. The van der Waals surface area contributed by atoms with E-state index in [0.29, 0.717) is 33.7 Å². The van der Waals surface area contributed by atoms with Crippen LogP contribution in [0, 0.1) is 0 Å². The number of amides is 1. The number of hydrogen-bond donors (Lipinski definition) is 3. The lowest BCUT2D eigenvalue weighted by atomic mass is 10.2. The van der Waals surface area contributed by atoms with Crippen molar-refractivity contribution < 1.29 is 24.5 Å². The van der Waals surface area contributed by atoms with Crippen LogP contribution in [0.3, 0.4) is 0 Å². The molecule has 3 rings (SSSR count). The quantitative estimate of drug-likeness (QED) is 0.682. The molecule has 1 fully saturated rings. The second-order valence-corrected chi connectivity index (χ2v) is 6.53. The van der Waals surface area contributed by atoms with Crippen LogP contribution in [0.2, 0.25) is 0 Å². The highest BCUT2D eigenvalue weighted by atomic mass is 32.2. The van der Waals surface area contributed by atoms with Gasteiger partial charge in [-0.1, -0.05) is 12.1 Å². The molecule has 2 aromatic carbocycles. The summed E-state index contributed by atoms with van der Waals surface area (Å²) in [6.07, 6.45) is 1.66. The van der Waals surface area contributed by atoms with Crippen LogP contribution in [-0.4, -0.2) is 33.9 Å². The van der Waals surface area contributed by atoms with Crippen molar-refractivity contribution in [2.75, 3.05) is 6.61 Å². The summed E-state index contributed by atoms with van der Waals surface area (Å²) in [4.78, 5) is 27.9. The molecule has 27 heavy (non-hydrogen) atoms. The number of amidine groups is 1. The number of hydrogen-bond acceptors (Lipinski definition) is 6. The molecular formula is C19H16N2O5S. The lowest BCUT2D eigenvalue weighted by Crippen LogP contribution is -2.19. The maximum Gasteiger partial charge on any atom is 0.335 e. The van der Waals surface area contributed by atoms with Crippen LogP contribution in [0.4, 0.5) is 5.69 Å². The van der Waals surface area contributed by atoms with Crippen LogP contribution in [0.1, 0.15) is 22.8 Å². The molecule has 1 aliphatic heterocycles. The number of nitrogens with one attached hydrogen (secondary N) is 1. The van der Waals surface area contributed by atoms with Gasteiger partial charge in [0.2, 0.25) is 0 Å². The number of aliphatic imine (C=N–C) groups is 1. The van der Waals surface area contributed by atoms with Crippen LogP contribution in [0.25, 0.3) is 6.08 Å². The molecule has 8 heteroatoms. The molecule has 0 atom stereocenters. The molecule has 1 saturated heterocycles. The largest absolute Gasteiger partial charge is 0.504 e. The van der Waals surface area contributed by atoms with Gasteiger partial charge in [0.1, 0.15) is 0 Å². The van der Waals surface area contributed by atoms with Gasteiger partial charge < -0.3 is 20.3 Å². The normalized spacial score (nSPS) is 16.6. The predicted octanol–water partition coefficient (Wildman–Crippen LogP) is 3.38. The van der Waals surface area contributed by atoms with Gasteiger partial charge >= 0.3 is 5.97 Å². The number of phenolic OH excluding ortho intramolecular Hbond substituents is 1. The minimum atomic E-state index is -1.04. The number of ether oxygens (including phenoxy) is 1. The number of thioether (sulfide) groups is 1. The molecule has 0 saturated carbocycles. The number of carbonyl (C=O) groups excluding carboxylic acids is 1. The molecule has 0 spiro atoms. The first-order valence-electron chi connectivity index (χ1n) is 8.05. The average Bonchev–Trinajstić information content (AvgIpc) is 2.97. The van der Waals surface area contributed by atoms with E-state index in [9.17, 15) is 14.7 Å². The summed E-state index contributed by atoms with van der Waals surface area (Å²) in [7, 11) is 0. The zero-order valence-corrected chi connectivity index (χ0v) is 15.1. The van der Waals surface area contributed by atoms with Crippen molar-refractivity contribution in [3.63, 3.8) is 0 Å². The third-order valence-electron chi connectivity index (χ3n) is 3.56. The van der Waals surface area contributed by atoms with Gasteiger partial charge in [-0.05, 0) is 60.7 Å². The van der Waals surface area contributed by atoms with Crippen molar-refractivity contribution in [3.05, 3.63) is 58.5 Å². The van der Waals surface area contributed by atoms with E-state index in [4.69, 9.17) is 9.84 Å². The molecule has 7 nitrogen and oxygen atoms in total. The van der Waals surface area contributed by atoms with E-state index in [-0.39, 0.29) is 17.2 Å². The molecule has 138 valence electrons. The highest BCUT2D eigenvalue weighted by Gasteiger charge is 2.24. The minimum Gasteiger partial charge on any atom is -0.504 e. The molecule has 1 heterocycles. The summed E-state index contributed by atoms with van der Waals surface area (Å²) >= 11 is 1.15. The Bertz CT molecular complexity index is 968. The van der Waals surface area contributed by atoms with E-state index in [2.05, 4.69) is 10.3 Å². The lowest BCUT2D eigenvalue weighted by Gasteiger charge is -2.06. The number of phenols is 1. The molecule has 1 amide bonds. The van der Waals surface area contributed by atoms with Gasteiger partial charge in [-0.3, -0.25) is 4.79 Å². The van der Waals surface area contributed by atoms with Gasteiger partial charge in [-0.15, -0.1) is 0 Å². The standard InChI is InChI=1S/C19H16N2O5S/c1-2-26-15-8-11(6-7-14(15)22)9-16-17(23)21-19(27-16)20-13-5-3-4-12(10-13)18(24)25/h3-10,22H,2H2,1H3,(H,24,25)(H,20,21,23)/b16-9-. The van der Waals surface area contributed by atoms with E-state index < -0.39 is 5.97 Å². The van der Waals surface area contributed by atoms with Crippen LogP contribution in [0.15, 0.2) is 52.4 Å². The number of rotatable bonds is 5. The molecule has 0 radical (unpaired) electrons. The number of carboxylic acids is 1. The molecule has 2 aromatic rings. The van der Waals surface area contributed by atoms with Gasteiger partial charge in [-0.25, -0.2) is 9.79 Å². The Morgan fingerprint density at radius 1 is 1.30 bits per heavy atom. The topological polar surface area (TPSA) is 108 Å². The SMILES string of the molecule is CCOc1cc(/C=C2\SC(=Nc3cccc(C(=O)O)c3)NC2=O)ccc1O. The third-order valence-corrected chi connectivity index (χ3v) is 4.47. The molecule has 0 aliphatic carbocycles. The fraction of sp³-hybridized carbons (Fsp3) is 0.105. The Morgan fingerprint density at radius 2 is 2.11 bits per heavy atom. The number of aromatic hydroxyl groups is 1. The fourth-order valence-corrected chi connectivity index (χ4v) is 3.19. The fourth-order valence-electron chi connectivity index (χ4n) is 2.35. The Hall–Kier alpha value is -3.26. The van der Waals surface area contributed by atoms with E-state index >= 15 is 0 Å². The Morgan fingerprint density at radius 3 is 2.85 bits per heavy atom. The first kappa shape index (κ1) is 18.5. The van der Waals surface area contributed by atoms with Crippen molar-refractivity contribution >= 4 is 40.6 Å². The molecule has 0 unspecified atom stereocenters. The zero-order valence-electron chi connectivity index (χ0n) is 14.3. The van der Waals surface area contributed by atoms with Crippen molar-refractivity contribution in [2.24, 2.45) is 4.99 Å². The summed E-state index contributed by atoms with van der Waals surface area (Å²) in [5.74, 6) is -0.977. The smallest absolute Gasteiger partial charge is 0.335 e. The van der Waals surface area contributed by atoms with Gasteiger partial charge in [0.25, 0.3) is 5.91 Å². The minimum absolute atomic E-state index is 0.0306. The van der Waals surface area contributed by atoms with Crippen LogP contribution < -0.4 is 10.1 Å². The lowest BCUT2D eigenvalue weighted by molar-refractivity contribution is -0.115. The highest BCUT2D eigenvalue weighted by Crippen LogP contribution is 2.31. The molecule has 1 aliphatic rings. The summed E-state index contributed by atoms with van der Waals surface area (Å²) in [6, 6.07) is 11.0. The summed E-state index contributed by atoms with van der Waals surface area (Å²) in [6.45, 7) is 2.22. The van der Waals surface area contributed by atoms with Crippen LogP contribution in [0.5, 0.6) is 11.5 Å². The van der Waals surface area contributed by atoms with Gasteiger partial charge in [0.15, 0.2) is 16.7 Å². The molecule has 0 bridgehead atoms. The number of carbonyl (C=O) groups is 2.